The molecule has 0 aliphatic rings. The van der Waals surface area contributed by atoms with Crippen molar-refractivity contribution >= 4 is 50.4 Å². The molecule has 0 saturated carbocycles. The third-order valence-electron chi connectivity index (χ3n) is 5.79. The first-order chi connectivity index (χ1) is 19.7. The highest BCUT2D eigenvalue weighted by molar-refractivity contribution is 14.1. The van der Waals surface area contributed by atoms with E-state index in [1.807, 2.05) is 65.9 Å². The van der Waals surface area contributed by atoms with Crippen LogP contribution < -0.4 is 19.0 Å². The fourth-order valence-electron chi connectivity index (χ4n) is 3.66. The van der Waals surface area contributed by atoms with Crippen molar-refractivity contribution < 1.29 is 26.9 Å². The summed E-state index contributed by atoms with van der Waals surface area (Å²) in [5.41, 5.74) is 2.72. The molecule has 0 aliphatic heterocycles. The second-order valence-electron chi connectivity index (χ2n) is 8.81. The standard InChI is InChI=1S/C31H25IN2O6S/c1-21-8-14-27(15-9-21)41(36,37)40-30-28(32)17-23(18-29(30)38-2)16-24(19-33)31(35)34-25-10-12-26(13-11-25)39-20-22-6-4-3-5-7-22/h3-18H,20H2,1-2H3,(H,34,35)/b24-16+. The molecule has 0 aliphatic carbocycles. The number of nitriles is 1. The van der Waals surface area contributed by atoms with Gasteiger partial charge in [-0.05, 0) is 95.2 Å². The van der Waals surface area contributed by atoms with E-state index in [4.69, 9.17) is 13.7 Å². The van der Waals surface area contributed by atoms with Gasteiger partial charge in [0.25, 0.3) is 5.91 Å². The van der Waals surface area contributed by atoms with Crippen LogP contribution in [-0.4, -0.2) is 21.4 Å². The average Bonchev–Trinajstić information content (AvgIpc) is 2.97. The third-order valence-corrected chi connectivity index (χ3v) is 7.83. The largest absolute Gasteiger partial charge is 0.493 e. The fraction of sp³-hybridized carbons (Fsp3) is 0.0968. The SMILES string of the molecule is COc1cc(/C=C(\C#N)C(=O)Nc2ccc(OCc3ccccc3)cc2)cc(I)c1OS(=O)(=O)c1ccc(C)cc1. The molecule has 0 fully saturated rings. The van der Waals surface area contributed by atoms with Crippen molar-refractivity contribution in [1.29, 1.82) is 5.26 Å². The zero-order valence-corrected chi connectivity index (χ0v) is 25.1. The molecule has 41 heavy (non-hydrogen) atoms. The molecule has 0 atom stereocenters. The molecule has 1 amide bonds. The molecule has 4 aromatic rings. The van der Waals surface area contributed by atoms with Crippen LogP contribution in [0.4, 0.5) is 5.69 Å². The topological polar surface area (TPSA) is 115 Å². The number of hydrogen-bond donors (Lipinski definition) is 1. The van der Waals surface area contributed by atoms with Crippen LogP contribution in [0.1, 0.15) is 16.7 Å². The van der Waals surface area contributed by atoms with Crippen LogP contribution >= 0.6 is 22.6 Å². The molecule has 208 valence electrons. The zero-order valence-electron chi connectivity index (χ0n) is 22.1. The molecule has 0 unspecified atom stereocenters. The second kappa shape index (κ2) is 13.3. The zero-order chi connectivity index (χ0) is 29.4. The molecular formula is C31H25IN2O6S. The van der Waals surface area contributed by atoms with Crippen LogP contribution in [0.25, 0.3) is 6.08 Å². The third kappa shape index (κ3) is 7.87. The summed E-state index contributed by atoms with van der Waals surface area (Å²) in [4.78, 5) is 12.9. The molecule has 4 aromatic carbocycles. The van der Waals surface area contributed by atoms with Crippen molar-refractivity contribution in [3.05, 3.63) is 117 Å². The van der Waals surface area contributed by atoms with Crippen molar-refractivity contribution in [2.24, 2.45) is 0 Å². The minimum Gasteiger partial charge on any atom is -0.493 e. The molecule has 8 nitrogen and oxygen atoms in total. The molecule has 0 spiro atoms. The summed E-state index contributed by atoms with van der Waals surface area (Å²) in [5.74, 6) is 0.156. The first-order valence-corrected chi connectivity index (χ1v) is 14.8. The van der Waals surface area contributed by atoms with Crippen molar-refractivity contribution in [2.75, 3.05) is 12.4 Å². The lowest BCUT2D eigenvalue weighted by Gasteiger charge is -2.14. The minimum atomic E-state index is -4.12. The minimum absolute atomic E-state index is 0.00311. The van der Waals surface area contributed by atoms with Crippen LogP contribution in [0.2, 0.25) is 0 Å². The first-order valence-electron chi connectivity index (χ1n) is 12.3. The average molecular weight is 681 g/mol. The van der Waals surface area contributed by atoms with E-state index in [0.717, 1.165) is 11.1 Å². The Hall–Kier alpha value is -4.34. The van der Waals surface area contributed by atoms with Gasteiger partial charge >= 0.3 is 10.1 Å². The molecule has 4 rings (SSSR count). The van der Waals surface area contributed by atoms with Gasteiger partial charge in [-0.3, -0.25) is 4.79 Å². The van der Waals surface area contributed by atoms with E-state index in [1.54, 1.807) is 42.5 Å². The monoisotopic (exact) mass is 680 g/mol. The van der Waals surface area contributed by atoms with E-state index >= 15 is 0 Å². The van der Waals surface area contributed by atoms with Gasteiger partial charge in [0.2, 0.25) is 0 Å². The van der Waals surface area contributed by atoms with Gasteiger partial charge < -0.3 is 19.0 Å². The second-order valence-corrected chi connectivity index (χ2v) is 11.5. The van der Waals surface area contributed by atoms with E-state index in [9.17, 15) is 18.5 Å². The Labute approximate surface area is 252 Å². The lowest BCUT2D eigenvalue weighted by atomic mass is 10.1. The van der Waals surface area contributed by atoms with Gasteiger partial charge in [-0.1, -0.05) is 48.0 Å². The maximum atomic E-state index is 12.8. The Balaban J connectivity index is 1.47. The highest BCUT2D eigenvalue weighted by atomic mass is 127. The first kappa shape index (κ1) is 29.6. The molecule has 0 heterocycles. The van der Waals surface area contributed by atoms with E-state index < -0.39 is 16.0 Å². The fourth-order valence-corrected chi connectivity index (χ4v) is 5.50. The Bertz CT molecular complexity index is 1710. The number of rotatable bonds is 10. The predicted octanol–water partition coefficient (Wildman–Crippen LogP) is 6.50. The van der Waals surface area contributed by atoms with Crippen molar-refractivity contribution in [3.63, 3.8) is 0 Å². The number of aryl methyl sites for hydroxylation is 1. The highest BCUT2D eigenvalue weighted by Crippen LogP contribution is 2.36. The van der Waals surface area contributed by atoms with Crippen LogP contribution in [-0.2, 0) is 21.5 Å². The van der Waals surface area contributed by atoms with E-state index in [2.05, 4.69) is 5.32 Å². The summed E-state index contributed by atoms with van der Waals surface area (Å²) in [7, 11) is -2.75. The summed E-state index contributed by atoms with van der Waals surface area (Å²) in [6.45, 7) is 2.27. The van der Waals surface area contributed by atoms with Gasteiger partial charge in [0.1, 0.15) is 28.9 Å². The number of halogens is 1. The number of amides is 1. The molecule has 1 N–H and O–H groups in total. The number of hydrogen-bond acceptors (Lipinski definition) is 7. The lowest BCUT2D eigenvalue weighted by molar-refractivity contribution is -0.112. The Morgan fingerprint density at radius 1 is 1.00 bits per heavy atom. The summed E-state index contributed by atoms with van der Waals surface area (Å²) in [6, 6.07) is 27.8. The Kier molecular flexibility index (Phi) is 9.65. The molecule has 0 bridgehead atoms. The normalized spacial score (nSPS) is 11.3. The van der Waals surface area contributed by atoms with Crippen LogP contribution in [0, 0.1) is 21.8 Å². The van der Waals surface area contributed by atoms with Crippen LogP contribution in [0.15, 0.2) is 101 Å². The predicted molar refractivity (Wildman–Crippen MR) is 164 cm³/mol. The van der Waals surface area contributed by atoms with Crippen LogP contribution in [0.5, 0.6) is 17.2 Å². The quantitative estimate of drug-likeness (QED) is 0.0881. The summed E-state index contributed by atoms with van der Waals surface area (Å²) >= 11 is 1.91. The summed E-state index contributed by atoms with van der Waals surface area (Å²) < 4.78 is 42.6. The van der Waals surface area contributed by atoms with Gasteiger partial charge in [0.15, 0.2) is 11.5 Å². The number of carbonyl (C=O) groups excluding carboxylic acids is 1. The molecular weight excluding hydrogens is 655 g/mol. The van der Waals surface area contributed by atoms with Gasteiger partial charge in [0, 0.05) is 5.69 Å². The molecule has 0 saturated heterocycles. The number of anilines is 1. The number of carbonyl (C=O) groups is 1. The lowest BCUT2D eigenvalue weighted by Crippen LogP contribution is -2.13. The Morgan fingerprint density at radius 3 is 2.32 bits per heavy atom. The smallest absolute Gasteiger partial charge is 0.339 e. The van der Waals surface area contributed by atoms with Crippen molar-refractivity contribution in [1.82, 2.24) is 0 Å². The number of benzene rings is 4. The summed E-state index contributed by atoms with van der Waals surface area (Å²) in [5, 5.41) is 12.4. The molecule has 0 radical (unpaired) electrons. The maximum Gasteiger partial charge on any atom is 0.339 e. The number of nitrogens with zero attached hydrogens (tertiary/aromatic N) is 1. The Morgan fingerprint density at radius 2 is 1.68 bits per heavy atom. The highest BCUT2D eigenvalue weighted by Gasteiger charge is 2.22. The van der Waals surface area contributed by atoms with Crippen LogP contribution in [0.3, 0.4) is 0 Å². The number of ether oxygens (including phenoxy) is 2. The number of nitrogens with one attached hydrogen (secondary N) is 1. The molecule has 10 heteroatoms. The van der Waals surface area contributed by atoms with Gasteiger partial charge in [-0.15, -0.1) is 0 Å². The maximum absolute atomic E-state index is 12.8. The van der Waals surface area contributed by atoms with Gasteiger partial charge in [-0.25, -0.2) is 0 Å². The van der Waals surface area contributed by atoms with Crippen molar-refractivity contribution in [2.45, 2.75) is 18.4 Å². The molecule has 0 aromatic heterocycles. The van der Waals surface area contributed by atoms with E-state index in [1.165, 1.54) is 31.4 Å². The summed E-state index contributed by atoms with van der Waals surface area (Å²) in [6.07, 6.45) is 1.38. The number of methoxy groups -OCH3 is 1. The van der Waals surface area contributed by atoms with Gasteiger partial charge in [-0.2, -0.15) is 13.7 Å². The van der Waals surface area contributed by atoms with Gasteiger partial charge in [0.05, 0.1) is 10.7 Å². The van der Waals surface area contributed by atoms with Crippen molar-refractivity contribution in [3.8, 4) is 23.3 Å². The van der Waals surface area contributed by atoms with E-state index in [-0.39, 0.29) is 22.0 Å². The van der Waals surface area contributed by atoms with E-state index in [0.29, 0.717) is 27.2 Å².